The second-order valence-corrected chi connectivity index (χ2v) is 3.20. The Labute approximate surface area is 75.7 Å². The molecule has 0 bridgehead atoms. The molecule has 0 aromatic rings. The summed E-state index contributed by atoms with van der Waals surface area (Å²) in [5.41, 5.74) is 0. The Balaban J connectivity index is 2.31. The van der Waals surface area contributed by atoms with E-state index in [4.69, 9.17) is 0 Å². The van der Waals surface area contributed by atoms with Crippen molar-refractivity contribution in [1.82, 2.24) is 0 Å². The van der Waals surface area contributed by atoms with Gasteiger partial charge in [-0.15, -0.1) is 0 Å². The van der Waals surface area contributed by atoms with Gasteiger partial charge in [-0.3, -0.25) is 0 Å². The predicted octanol–water partition coefficient (Wildman–Crippen LogP) is 4.01. The maximum absolute atomic E-state index is 2.30. The number of rotatable bonds is 0. The summed E-state index contributed by atoms with van der Waals surface area (Å²) in [6.45, 7) is 0. The van der Waals surface area contributed by atoms with Crippen molar-refractivity contribution in [3.05, 3.63) is 36.5 Å². The first-order chi connectivity index (χ1) is 6.00. The summed E-state index contributed by atoms with van der Waals surface area (Å²) >= 11 is 0. The van der Waals surface area contributed by atoms with Crippen molar-refractivity contribution in [2.75, 3.05) is 0 Å². The largest absolute Gasteiger partial charge is 0.0882 e. The van der Waals surface area contributed by atoms with Gasteiger partial charge >= 0.3 is 0 Å². The Morgan fingerprint density at radius 3 is 2.25 bits per heavy atom. The molecule has 0 radical (unpaired) electrons. The van der Waals surface area contributed by atoms with Crippen molar-refractivity contribution >= 4 is 0 Å². The standard InChI is InChI=1S/C12H18/c1-2-4-6-8-10-12-11-9-7-5-3-1/h1-4,7,9H,5-6,8,10-12H2/b3-1-,4-2+,9-7+. The molecule has 0 saturated heterocycles. The lowest BCUT2D eigenvalue weighted by Crippen LogP contribution is -1.75. The molecule has 0 amide bonds. The molecule has 1 aliphatic rings. The van der Waals surface area contributed by atoms with Crippen LogP contribution >= 0.6 is 0 Å². The maximum atomic E-state index is 2.30. The minimum Gasteiger partial charge on any atom is -0.0882 e. The van der Waals surface area contributed by atoms with E-state index in [1.807, 2.05) is 0 Å². The summed E-state index contributed by atoms with van der Waals surface area (Å²) in [6, 6.07) is 0. The Morgan fingerprint density at radius 2 is 1.33 bits per heavy atom. The van der Waals surface area contributed by atoms with Gasteiger partial charge in [0.1, 0.15) is 0 Å². The lowest BCUT2D eigenvalue weighted by atomic mass is 10.1. The first kappa shape index (κ1) is 9.31. The van der Waals surface area contributed by atoms with Crippen LogP contribution in [0.25, 0.3) is 0 Å². The van der Waals surface area contributed by atoms with Crippen LogP contribution in [0.5, 0.6) is 0 Å². The highest BCUT2D eigenvalue weighted by Crippen LogP contribution is 2.05. The van der Waals surface area contributed by atoms with Gasteiger partial charge in [0.25, 0.3) is 0 Å². The zero-order chi connectivity index (χ0) is 8.49. The van der Waals surface area contributed by atoms with E-state index in [0.29, 0.717) is 0 Å². The number of hydrogen-bond donors (Lipinski definition) is 0. The molecule has 0 spiro atoms. The van der Waals surface area contributed by atoms with Crippen molar-refractivity contribution in [3.8, 4) is 0 Å². The SMILES string of the molecule is C1=C\C/C=C/CCCCC/C=C/1. The lowest BCUT2D eigenvalue weighted by molar-refractivity contribution is 0.695. The van der Waals surface area contributed by atoms with Crippen molar-refractivity contribution in [2.45, 2.75) is 38.5 Å². The van der Waals surface area contributed by atoms with Gasteiger partial charge in [0.05, 0.1) is 0 Å². The molecule has 0 saturated carbocycles. The van der Waals surface area contributed by atoms with Crippen molar-refractivity contribution < 1.29 is 0 Å². The van der Waals surface area contributed by atoms with Crippen molar-refractivity contribution in [2.24, 2.45) is 0 Å². The Hall–Kier alpha value is -0.780. The Morgan fingerprint density at radius 1 is 0.583 bits per heavy atom. The molecule has 0 heteroatoms. The van der Waals surface area contributed by atoms with Gasteiger partial charge in [0.2, 0.25) is 0 Å². The normalized spacial score (nSPS) is 28.0. The summed E-state index contributed by atoms with van der Waals surface area (Å²) in [5.74, 6) is 0. The average Bonchev–Trinajstić information content (AvgIpc) is 2.05. The molecule has 0 nitrogen and oxygen atoms in total. The summed E-state index contributed by atoms with van der Waals surface area (Å²) in [6.07, 6.45) is 21.0. The summed E-state index contributed by atoms with van der Waals surface area (Å²) < 4.78 is 0. The van der Waals surface area contributed by atoms with E-state index in [-0.39, 0.29) is 0 Å². The molecule has 0 heterocycles. The van der Waals surface area contributed by atoms with E-state index in [9.17, 15) is 0 Å². The summed E-state index contributed by atoms with van der Waals surface area (Å²) in [7, 11) is 0. The second kappa shape index (κ2) is 6.90. The van der Waals surface area contributed by atoms with Crippen LogP contribution in [0.2, 0.25) is 0 Å². The van der Waals surface area contributed by atoms with E-state index >= 15 is 0 Å². The summed E-state index contributed by atoms with van der Waals surface area (Å²) in [4.78, 5) is 0. The fourth-order valence-electron chi connectivity index (χ4n) is 1.33. The third-order valence-corrected chi connectivity index (χ3v) is 2.06. The van der Waals surface area contributed by atoms with E-state index in [0.717, 1.165) is 6.42 Å². The zero-order valence-electron chi connectivity index (χ0n) is 7.71. The van der Waals surface area contributed by atoms with Crippen LogP contribution < -0.4 is 0 Å². The highest BCUT2D eigenvalue weighted by atomic mass is 13.9. The molecule has 0 aromatic heterocycles. The van der Waals surface area contributed by atoms with Gasteiger partial charge in [-0.1, -0.05) is 42.9 Å². The molecule has 0 aromatic carbocycles. The molecule has 0 atom stereocenters. The molecule has 1 rings (SSSR count). The quantitative estimate of drug-likeness (QED) is 0.472. The second-order valence-electron chi connectivity index (χ2n) is 3.20. The smallest absolute Gasteiger partial charge is 0.0166 e. The molecule has 0 aliphatic heterocycles. The van der Waals surface area contributed by atoms with E-state index < -0.39 is 0 Å². The number of allylic oxidation sites excluding steroid dienone is 6. The van der Waals surface area contributed by atoms with Gasteiger partial charge in [0, 0.05) is 0 Å². The van der Waals surface area contributed by atoms with Crippen LogP contribution in [0.15, 0.2) is 36.5 Å². The molecular formula is C12H18. The molecular weight excluding hydrogens is 144 g/mol. The highest BCUT2D eigenvalue weighted by Gasteiger charge is 1.85. The van der Waals surface area contributed by atoms with Crippen molar-refractivity contribution in [1.29, 1.82) is 0 Å². The van der Waals surface area contributed by atoms with E-state index in [1.165, 1.54) is 32.1 Å². The predicted molar refractivity (Wildman–Crippen MR) is 55.1 cm³/mol. The third kappa shape index (κ3) is 4.95. The van der Waals surface area contributed by atoms with E-state index in [1.54, 1.807) is 0 Å². The molecule has 12 heavy (non-hydrogen) atoms. The Kier molecular flexibility index (Phi) is 5.35. The van der Waals surface area contributed by atoms with Crippen LogP contribution in [-0.2, 0) is 0 Å². The molecule has 0 fully saturated rings. The topological polar surface area (TPSA) is 0 Å². The van der Waals surface area contributed by atoms with Crippen LogP contribution in [0.1, 0.15) is 38.5 Å². The van der Waals surface area contributed by atoms with Gasteiger partial charge in [-0.25, -0.2) is 0 Å². The fourth-order valence-corrected chi connectivity index (χ4v) is 1.33. The van der Waals surface area contributed by atoms with Crippen LogP contribution in [0.3, 0.4) is 0 Å². The first-order valence-corrected chi connectivity index (χ1v) is 4.97. The maximum Gasteiger partial charge on any atom is -0.0166 e. The molecule has 66 valence electrons. The van der Waals surface area contributed by atoms with Gasteiger partial charge in [-0.05, 0) is 32.1 Å². The first-order valence-electron chi connectivity index (χ1n) is 4.97. The number of hydrogen-bond acceptors (Lipinski definition) is 0. The van der Waals surface area contributed by atoms with E-state index in [2.05, 4.69) is 36.5 Å². The van der Waals surface area contributed by atoms with Crippen LogP contribution in [0.4, 0.5) is 0 Å². The van der Waals surface area contributed by atoms with Crippen LogP contribution in [0, 0.1) is 0 Å². The monoisotopic (exact) mass is 162 g/mol. The third-order valence-electron chi connectivity index (χ3n) is 2.06. The van der Waals surface area contributed by atoms with Gasteiger partial charge < -0.3 is 0 Å². The van der Waals surface area contributed by atoms with Gasteiger partial charge in [-0.2, -0.15) is 0 Å². The average molecular weight is 162 g/mol. The fraction of sp³-hybridized carbons (Fsp3) is 0.500. The molecule has 0 N–H and O–H groups in total. The zero-order valence-corrected chi connectivity index (χ0v) is 7.71. The van der Waals surface area contributed by atoms with Crippen molar-refractivity contribution in [3.63, 3.8) is 0 Å². The van der Waals surface area contributed by atoms with Gasteiger partial charge in [0.15, 0.2) is 0 Å². The molecule has 0 unspecified atom stereocenters. The summed E-state index contributed by atoms with van der Waals surface area (Å²) in [5, 5.41) is 0. The minimum atomic E-state index is 1.09. The highest BCUT2D eigenvalue weighted by molar-refractivity contribution is 5.05. The molecule has 1 aliphatic carbocycles. The lowest BCUT2D eigenvalue weighted by Gasteiger charge is -1.95. The van der Waals surface area contributed by atoms with Crippen LogP contribution in [-0.4, -0.2) is 0 Å². The Bertz CT molecular complexity index is 172. The minimum absolute atomic E-state index is 1.09.